The fourth-order valence-corrected chi connectivity index (χ4v) is 1.82. The van der Waals surface area contributed by atoms with Gasteiger partial charge in [0.2, 0.25) is 0 Å². The van der Waals surface area contributed by atoms with Gasteiger partial charge in [-0.05, 0) is 42.0 Å². The number of hydrogen-bond acceptors (Lipinski definition) is 2. The van der Waals surface area contributed by atoms with Crippen molar-refractivity contribution >= 4 is 17.5 Å². The molecule has 0 radical (unpaired) electrons. The first-order valence-corrected chi connectivity index (χ1v) is 6.41. The van der Waals surface area contributed by atoms with E-state index in [-0.39, 0.29) is 12.5 Å². The van der Waals surface area contributed by atoms with Gasteiger partial charge in [-0.25, -0.2) is 4.39 Å². The van der Waals surface area contributed by atoms with Crippen LogP contribution in [0.15, 0.2) is 48.5 Å². The Hall–Kier alpha value is -1.91. The molecule has 0 aliphatic rings. The Morgan fingerprint density at radius 3 is 2.35 bits per heavy atom. The highest BCUT2D eigenvalue weighted by Crippen LogP contribution is 2.15. The number of benzene rings is 2. The Labute approximate surface area is 121 Å². The topological polar surface area (TPSA) is 49.3 Å². The van der Waals surface area contributed by atoms with Crippen molar-refractivity contribution in [1.82, 2.24) is 5.32 Å². The maximum absolute atomic E-state index is 12.7. The standard InChI is InChI=1S/C15H13ClFNO2/c16-12-5-1-10(2-6-12)14(19)9-18-15(20)11-3-7-13(17)8-4-11/h1-8,14,19H,9H2,(H,18,20)/t14-/m1/s1. The fourth-order valence-electron chi connectivity index (χ4n) is 1.70. The summed E-state index contributed by atoms with van der Waals surface area (Å²) < 4.78 is 12.7. The van der Waals surface area contributed by atoms with Crippen LogP contribution in [0.3, 0.4) is 0 Å². The lowest BCUT2D eigenvalue weighted by Crippen LogP contribution is -2.28. The Balaban J connectivity index is 1.92. The van der Waals surface area contributed by atoms with Crippen LogP contribution in [-0.2, 0) is 0 Å². The van der Waals surface area contributed by atoms with Crippen molar-refractivity contribution in [3.05, 3.63) is 70.5 Å². The minimum absolute atomic E-state index is 0.0673. The largest absolute Gasteiger partial charge is 0.387 e. The van der Waals surface area contributed by atoms with E-state index in [0.717, 1.165) is 0 Å². The Morgan fingerprint density at radius 1 is 1.15 bits per heavy atom. The Bertz CT molecular complexity index is 584. The van der Waals surface area contributed by atoms with Gasteiger partial charge in [0.05, 0.1) is 6.10 Å². The quantitative estimate of drug-likeness (QED) is 0.910. The Kier molecular flexibility index (Phi) is 4.71. The van der Waals surface area contributed by atoms with Gasteiger partial charge in [-0.2, -0.15) is 0 Å². The van der Waals surface area contributed by atoms with Crippen molar-refractivity contribution < 1.29 is 14.3 Å². The molecule has 1 amide bonds. The zero-order valence-electron chi connectivity index (χ0n) is 10.5. The van der Waals surface area contributed by atoms with Crippen molar-refractivity contribution in [3.8, 4) is 0 Å². The second kappa shape index (κ2) is 6.50. The zero-order chi connectivity index (χ0) is 14.5. The highest BCUT2D eigenvalue weighted by atomic mass is 35.5. The predicted octanol–water partition coefficient (Wildman–Crippen LogP) is 2.94. The summed E-state index contributed by atoms with van der Waals surface area (Å²) in [6.07, 6.45) is -0.823. The zero-order valence-corrected chi connectivity index (χ0v) is 11.3. The molecule has 2 aromatic carbocycles. The normalized spacial score (nSPS) is 11.9. The van der Waals surface area contributed by atoms with E-state index >= 15 is 0 Å². The van der Waals surface area contributed by atoms with Gasteiger partial charge < -0.3 is 10.4 Å². The van der Waals surface area contributed by atoms with Gasteiger partial charge in [-0.1, -0.05) is 23.7 Å². The van der Waals surface area contributed by atoms with Crippen LogP contribution < -0.4 is 5.32 Å². The van der Waals surface area contributed by atoms with Gasteiger partial charge >= 0.3 is 0 Å². The minimum atomic E-state index is -0.823. The lowest BCUT2D eigenvalue weighted by Gasteiger charge is -2.12. The molecule has 20 heavy (non-hydrogen) atoms. The third-order valence-electron chi connectivity index (χ3n) is 2.82. The molecule has 0 aliphatic carbocycles. The molecule has 2 aromatic rings. The van der Waals surface area contributed by atoms with E-state index < -0.39 is 11.9 Å². The van der Waals surface area contributed by atoms with E-state index in [2.05, 4.69) is 5.32 Å². The van der Waals surface area contributed by atoms with Gasteiger partial charge in [0, 0.05) is 17.1 Å². The van der Waals surface area contributed by atoms with Gasteiger partial charge in [0.1, 0.15) is 5.82 Å². The van der Waals surface area contributed by atoms with Gasteiger partial charge in [-0.3, -0.25) is 4.79 Å². The molecule has 0 saturated carbocycles. The number of rotatable bonds is 4. The molecule has 0 aromatic heterocycles. The summed E-state index contributed by atoms with van der Waals surface area (Å²) in [5.74, 6) is -0.763. The summed E-state index contributed by atoms with van der Waals surface area (Å²) in [6, 6.07) is 11.9. The average Bonchev–Trinajstić information content (AvgIpc) is 2.46. The van der Waals surface area contributed by atoms with Crippen molar-refractivity contribution in [2.24, 2.45) is 0 Å². The maximum atomic E-state index is 12.7. The van der Waals surface area contributed by atoms with Crippen LogP contribution >= 0.6 is 11.6 Å². The van der Waals surface area contributed by atoms with Crippen LogP contribution in [0.25, 0.3) is 0 Å². The van der Waals surface area contributed by atoms with E-state index in [1.54, 1.807) is 24.3 Å². The van der Waals surface area contributed by atoms with Gasteiger partial charge in [0.15, 0.2) is 0 Å². The predicted molar refractivity (Wildman–Crippen MR) is 75.1 cm³/mol. The summed E-state index contributed by atoms with van der Waals surface area (Å²) in [6.45, 7) is 0.0673. The monoisotopic (exact) mass is 293 g/mol. The highest BCUT2D eigenvalue weighted by Gasteiger charge is 2.10. The number of aliphatic hydroxyl groups is 1. The van der Waals surface area contributed by atoms with Gasteiger partial charge in [0.25, 0.3) is 5.91 Å². The first-order valence-electron chi connectivity index (χ1n) is 6.03. The van der Waals surface area contributed by atoms with Crippen LogP contribution in [0.5, 0.6) is 0 Å². The molecule has 3 nitrogen and oxygen atoms in total. The molecule has 0 aliphatic heterocycles. The molecule has 0 unspecified atom stereocenters. The molecule has 0 bridgehead atoms. The lowest BCUT2D eigenvalue weighted by atomic mass is 10.1. The molecule has 1 atom stereocenters. The number of nitrogens with one attached hydrogen (secondary N) is 1. The summed E-state index contributed by atoms with van der Waals surface area (Å²) >= 11 is 5.75. The van der Waals surface area contributed by atoms with Crippen molar-refractivity contribution in [2.45, 2.75) is 6.10 Å². The molecule has 5 heteroatoms. The third-order valence-corrected chi connectivity index (χ3v) is 3.07. The first kappa shape index (κ1) is 14.5. The minimum Gasteiger partial charge on any atom is -0.387 e. The molecule has 104 valence electrons. The Morgan fingerprint density at radius 2 is 1.75 bits per heavy atom. The second-order valence-electron chi connectivity index (χ2n) is 4.28. The van der Waals surface area contributed by atoms with E-state index in [1.165, 1.54) is 24.3 Å². The van der Waals surface area contributed by atoms with E-state index in [4.69, 9.17) is 11.6 Å². The number of halogens is 2. The molecule has 0 heterocycles. The van der Waals surface area contributed by atoms with Crippen LogP contribution in [0.4, 0.5) is 4.39 Å². The van der Waals surface area contributed by atoms with Crippen molar-refractivity contribution in [3.63, 3.8) is 0 Å². The molecule has 0 spiro atoms. The molecule has 2 N–H and O–H groups in total. The smallest absolute Gasteiger partial charge is 0.251 e. The van der Waals surface area contributed by atoms with E-state index in [9.17, 15) is 14.3 Å². The van der Waals surface area contributed by atoms with Gasteiger partial charge in [-0.15, -0.1) is 0 Å². The number of carbonyl (C=O) groups is 1. The molecule has 2 rings (SSSR count). The number of hydrogen-bond donors (Lipinski definition) is 2. The molecular formula is C15H13ClFNO2. The van der Waals surface area contributed by atoms with Crippen LogP contribution in [0.1, 0.15) is 22.0 Å². The van der Waals surface area contributed by atoms with Crippen molar-refractivity contribution in [1.29, 1.82) is 0 Å². The fraction of sp³-hybridized carbons (Fsp3) is 0.133. The summed E-state index contributed by atoms with van der Waals surface area (Å²) in [7, 11) is 0. The summed E-state index contributed by atoms with van der Waals surface area (Å²) in [4.78, 5) is 11.8. The SMILES string of the molecule is O=C(NC[C@@H](O)c1ccc(Cl)cc1)c1ccc(F)cc1. The number of aliphatic hydroxyl groups excluding tert-OH is 1. The average molecular weight is 294 g/mol. The van der Waals surface area contributed by atoms with E-state index in [1.807, 2.05) is 0 Å². The van der Waals surface area contributed by atoms with Crippen molar-refractivity contribution in [2.75, 3.05) is 6.54 Å². The third kappa shape index (κ3) is 3.79. The maximum Gasteiger partial charge on any atom is 0.251 e. The summed E-state index contributed by atoms with van der Waals surface area (Å²) in [5.41, 5.74) is 1.00. The lowest BCUT2D eigenvalue weighted by molar-refractivity contribution is 0.0916. The second-order valence-corrected chi connectivity index (χ2v) is 4.72. The first-order chi connectivity index (χ1) is 9.56. The summed E-state index contributed by atoms with van der Waals surface area (Å²) in [5, 5.41) is 13.1. The number of amides is 1. The molecular weight excluding hydrogens is 281 g/mol. The highest BCUT2D eigenvalue weighted by molar-refractivity contribution is 6.30. The van der Waals surface area contributed by atoms with E-state index in [0.29, 0.717) is 16.1 Å². The number of carbonyl (C=O) groups excluding carboxylic acids is 1. The van der Waals surface area contributed by atoms with Crippen LogP contribution in [-0.4, -0.2) is 17.6 Å². The van der Waals surface area contributed by atoms with Crippen LogP contribution in [0, 0.1) is 5.82 Å². The van der Waals surface area contributed by atoms with Crippen LogP contribution in [0.2, 0.25) is 5.02 Å². The molecule has 0 fully saturated rings. The molecule has 0 saturated heterocycles.